The topological polar surface area (TPSA) is 81.4 Å². The van der Waals surface area contributed by atoms with Gasteiger partial charge < -0.3 is 4.74 Å². The van der Waals surface area contributed by atoms with Gasteiger partial charge in [0.15, 0.2) is 0 Å². The zero-order valence-corrected chi connectivity index (χ0v) is 11.6. The zero-order chi connectivity index (χ0) is 12.9. The molecule has 0 bridgehead atoms. The fraction of sp³-hybridized carbons (Fsp3) is 1.00. The summed E-state index contributed by atoms with van der Waals surface area (Å²) < 4.78 is 28.5. The highest BCUT2D eigenvalue weighted by atomic mass is 32.2. The summed E-state index contributed by atoms with van der Waals surface area (Å²) in [5.74, 6) is 5.98. The molecule has 1 fully saturated rings. The monoisotopic (exact) mass is 264 g/mol. The van der Waals surface area contributed by atoms with Crippen molar-refractivity contribution in [2.45, 2.75) is 51.2 Å². The van der Waals surface area contributed by atoms with E-state index >= 15 is 0 Å². The fourth-order valence-corrected chi connectivity index (χ4v) is 3.19. The molecule has 102 valence electrons. The van der Waals surface area contributed by atoms with Gasteiger partial charge in [-0.15, -0.1) is 0 Å². The van der Waals surface area contributed by atoms with Crippen LogP contribution in [0.3, 0.4) is 0 Å². The Morgan fingerprint density at radius 2 is 2.24 bits per heavy atom. The second-order valence-corrected chi connectivity index (χ2v) is 7.34. The van der Waals surface area contributed by atoms with Crippen LogP contribution in [0.15, 0.2) is 0 Å². The van der Waals surface area contributed by atoms with E-state index in [2.05, 4.69) is 5.43 Å². The second kappa shape index (κ2) is 6.13. The first-order chi connectivity index (χ1) is 7.93. The van der Waals surface area contributed by atoms with E-state index in [1.807, 2.05) is 6.92 Å². The summed E-state index contributed by atoms with van der Waals surface area (Å²) in [6, 6.07) is 0.0251. The number of nitrogens with two attached hydrogens (primary N) is 1. The number of ether oxygens (including phenoxy) is 1. The standard InChI is InChI=1S/C11H24N2O3S/c1-3-17(14,15)9-4-6-10(13-12)11(2)7-5-8-16-11/h10,13H,3-9,12H2,1-2H3. The van der Waals surface area contributed by atoms with Gasteiger partial charge in [-0.2, -0.15) is 0 Å². The first-order valence-corrected chi connectivity index (χ1v) is 8.06. The SMILES string of the molecule is CCS(=O)(=O)CCCC(NN)C1(C)CCCO1. The fourth-order valence-electron chi connectivity index (χ4n) is 2.29. The minimum Gasteiger partial charge on any atom is -0.374 e. The minimum absolute atomic E-state index is 0.0251. The summed E-state index contributed by atoms with van der Waals surface area (Å²) in [6.45, 7) is 4.48. The quantitative estimate of drug-likeness (QED) is 0.520. The lowest BCUT2D eigenvalue weighted by atomic mass is 9.90. The van der Waals surface area contributed by atoms with Gasteiger partial charge in [0.25, 0.3) is 0 Å². The predicted molar refractivity (Wildman–Crippen MR) is 68.3 cm³/mol. The Hall–Kier alpha value is -0.170. The third-order valence-electron chi connectivity index (χ3n) is 3.58. The lowest BCUT2D eigenvalue weighted by Crippen LogP contribution is -2.51. The Kier molecular flexibility index (Phi) is 5.37. The molecular weight excluding hydrogens is 240 g/mol. The molecule has 2 unspecified atom stereocenters. The number of nitrogens with one attached hydrogen (secondary N) is 1. The van der Waals surface area contributed by atoms with Crippen molar-refractivity contribution < 1.29 is 13.2 Å². The molecule has 0 amide bonds. The lowest BCUT2D eigenvalue weighted by molar-refractivity contribution is -0.0140. The van der Waals surface area contributed by atoms with Gasteiger partial charge in [-0.05, 0) is 32.6 Å². The van der Waals surface area contributed by atoms with Crippen molar-refractivity contribution in [1.82, 2.24) is 5.43 Å². The van der Waals surface area contributed by atoms with Crippen molar-refractivity contribution >= 4 is 9.84 Å². The van der Waals surface area contributed by atoms with Crippen LogP contribution in [0.25, 0.3) is 0 Å². The summed E-state index contributed by atoms with van der Waals surface area (Å²) in [6.07, 6.45) is 3.38. The van der Waals surface area contributed by atoms with Crippen LogP contribution in [0.1, 0.15) is 39.5 Å². The molecule has 0 radical (unpaired) electrons. The van der Waals surface area contributed by atoms with E-state index in [1.165, 1.54) is 0 Å². The van der Waals surface area contributed by atoms with Crippen molar-refractivity contribution in [3.8, 4) is 0 Å². The second-order valence-electron chi connectivity index (χ2n) is 4.86. The molecule has 1 heterocycles. The van der Waals surface area contributed by atoms with E-state index in [1.54, 1.807) is 6.92 Å². The Labute approximate surface area is 104 Å². The Morgan fingerprint density at radius 1 is 1.53 bits per heavy atom. The summed E-state index contributed by atoms with van der Waals surface area (Å²) in [7, 11) is -2.88. The van der Waals surface area contributed by atoms with E-state index in [-0.39, 0.29) is 23.1 Å². The largest absolute Gasteiger partial charge is 0.374 e. The number of hydrogen-bond donors (Lipinski definition) is 2. The summed E-state index contributed by atoms with van der Waals surface area (Å²) in [5, 5.41) is 0. The molecule has 0 spiro atoms. The Morgan fingerprint density at radius 3 is 2.71 bits per heavy atom. The maximum absolute atomic E-state index is 11.4. The number of hydrazine groups is 1. The first-order valence-electron chi connectivity index (χ1n) is 6.24. The van der Waals surface area contributed by atoms with Crippen LogP contribution in [-0.4, -0.2) is 38.2 Å². The van der Waals surface area contributed by atoms with Crippen molar-refractivity contribution in [2.24, 2.45) is 5.84 Å². The molecule has 6 heteroatoms. The third-order valence-corrected chi connectivity index (χ3v) is 5.37. The molecule has 0 aromatic carbocycles. The van der Waals surface area contributed by atoms with Crippen molar-refractivity contribution in [3.63, 3.8) is 0 Å². The third kappa shape index (κ3) is 4.21. The molecule has 1 rings (SSSR count). The van der Waals surface area contributed by atoms with Gasteiger partial charge in [0.2, 0.25) is 0 Å². The van der Waals surface area contributed by atoms with Gasteiger partial charge in [-0.1, -0.05) is 6.92 Å². The number of rotatable bonds is 7. The minimum atomic E-state index is -2.88. The molecule has 1 aliphatic heterocycles. The molecular formula is C11H24N2O3S. The highest BCUT2D eigenvalue weighted by Gasteiger charge is 2.37. The Balaban J connectivity index is 2.43. The van der Waals surface area contributed by atoms with Gasteiger partial charge in [0, 0.05) is 18.4 Å². The molecule has 0 saturated carbocycles. The molecule has 2 atom stereocenters. The predicted octanol–water partition coefficient (Wildman–Crippen LogP) is 0.602. The van der Waals surface area contributed by atoms with E-state index < -0.39 is 9.84 Å². The molecule has 0 aromatic rings. The van der Waals surface area contributed by atoms with Crippen molar-refractivity contribution in [2.75, 3.05) is 18.1 Å². The summed E-state index contributed by atoms with van der Waals surface area (Å²) in [4.78, 5) is 0. The average Bonchev–Trinajstić information content (AvgIpc) is 2.72. The maximum atomic E-state index is 11.4. The zero-order valence-electron chi connectivity index (χ0n) is 10.7. The first kappa shape index (κ1) is 14.9. The maximum Gasteiger partial charge on any atom is 0.150 e. The van der Waals surface area contributed by atoms with Gasteiger partial charge in [0.05, 0.1) is 11.4 Å². The van der Waals surface area contributed by atoms with E-state index in [9.17, 15) is 8.42 Å². The van der Waals surface area contributed by atoms with E-state index in [0.717, 1.165) is 25.9 Å². The number of hydrogen-bond acceptors (Lipinski definition) is 5. The molecule has 1 aliphatic rings. The molecule has 0 aromatic heterocycles. The van der Waals surface area contributed by atoms with Gasteiger partial charge in [0.1, 0.15) is 9.84 Å². The summed E-state index contributed by atoms with van der Waals surface area (Å²) >= 11 is 0. The van der Waals surface area contributed by atoms with Crippen LogP contribution in [0.5, 0.6) is 0 Å². The highest BCUT2D eigenvalue weighted by Crippen LogP contribution is 2.30. The van der Waals surface area contributed by atoms with E-state index in [0.29, 0.717) is 6.42 Å². The molecule has 1 saturated heterocycles. The molecule has 3 N–H and O–H groups in total. The van der Waals surface area contributed by atoms with E-state index in [4.69, 9.17) is 10.6 Å². The van der Waals surface area contributed by atoms with Crippen LogP contribution in [0.2, 0.25) is 0 Å². The van der Waals surface area contributed by atoms with Crippen LogP contribution in [0, 0.1) is 0 Å². The Bertz CT molecular complexity index is 324. The smallest absolute Gasteiger partial charge is 0.150 e. The molecule has 17 heavy (non-hydrogen) atoms. The molecule has 5 nitrogen and oxygen atoms in total. The van der Waals surface area contributed by atoms with Crippen molar-refractivity contribution in [1.29, 1.82) is 0 Å². The van der Waals surface area contributed by atoms with Crippen LogP contribution in [-0.2, 0) is 14.6 Å². The van der Waals surface area contributed by atoms with Gasteiger partial charge in [-0.3, -0.25) is 11.3 Å². The van der Waals surface area contributed by atoms with Crippen LogP contribution < -0.4 is 11.3 Å². The summed E-state index contributed by atoms with van der Waals surface area (Å²) in [5.41, 5.74) is 2.52. The van der Waals surface area contributed by atoms with Crippen LogP contribution >= 0.6 is 0 Å². The average molecular weight is 264 g/mol. The van der Waals surface area contributed by atoms with Gasteiger partial charge >= 0.3 is 0 Å². The number of sulfone groups is 1. The molecule has 0 aliphatic carbocycles. The van der Waals surface area contributed by atoms with Crippen LogP contribution in [0.4, 0.5) is 0 Å². The van der Waals surface area contributed by atoms with Crippen molar-refractivity contribution in [3.05, 3.63) is 0 Å². The highest BCUT2D eigenvalue weighted by molar-refractivity contribution is 7.91. The lowest BCUT2D eigenvalue weighted by Gasteiger charge is -2.32. The van der Waals surface area contributed by atoms with Gasteiger partial charge in [-0.25, -0.2) is 8.42 Å². The normalized spacial score (nSPS) is 27.2.